The minimum atomic E-state index is -1.13. The monoisotopic (exact) mass is 558 g/mol. The molecule has 5 atom stereocenters. The quantitative estimate of drug-likeness (QED) is 0.453. The van der Waals surface area contributed by atoms with Gasteiger partial charge in [0.25, 0.3) is 5.91 Å². The van der Waals surface area contributed by atoms with Gasteiger partial charge in [-0.25, -0.2) is 10.4 Å². The topological polar surface area (TPSA) is 136 Å². The number of fused-ring (bicyclic) bond motifs is 4. The Morgan fingerprint density at radius 3 is 2.61 bits per heavy atom. The van der Waals surface area contributed by atoms with Crippen LogP contribution in [0.3, 0.4) is 0 Å². The Bertz CT molecular complexity index is 1430. The summed E-state index contributed by atoms with van der Waals surface area (Å²) in [5.41, 5.74) is 4.35. The number of nitrogens with one attached hydrogen (secondary N) is 3. The Morgan fingerprint density at radius 1 is 1.17 bits per heavy atom. The minimum Gasteiger partial charge on any atom is -0.455 e. The first-order valence-corrected chi connectivity index (χ1v) is 14.0. The number of amides is 2. The van der Waals surface area contributed by atoms with Gasteiger partial charge in [0, 0.05) is 17.6 Å². The number of rotatable bonds is 1. The maximum atomic E-state index is 13.3. The first kappa shape index (κ1) is 29.7. The largest absolute Gasteiger partial charge is 0.455 e. The highest BCUT2D eigenvalue weighted by Crippen LogP contribution is 2.28. The van der Waals surface area contributed by atoms with Crippen LogP contribution in [0.25, 0.3) is 17.0 Å². The summed E-state index contributed by atoms with van der Waals surface area (Å²) >= 11 is 0. The Balaban J connectivity index is 1.73. The number of nitriles is 1. The van der Waals surface area contributed by atoms with Gasteiger partial charge < -0.3 is 15.4 Å². The van der Waals surface area contributed by atoms with Crippen LogP contribution < -0.4 is 16.1 Å². The van der Waals surface area contributed by atoms with E-state index in [1.165, 1.54) is 5.01 Å². The zero-order chi connectivity index (χ0) is 29.9. The number of allylic oxidation sites excluding steroid dienone is 1. The molecule has 4 rings (SSSR count). The van der Waals surface area contributed by atoms with Gasteiger partial charge in [-0.15, -0.1) is 0 Å². The summed E-state index contributed by atoms with van der Waals surface area (Å²) in [4.78, 5) is 44.4. The summed E-state index contributed by atoms with van der Waals surface area (Å²) in [5.74, 6) is -1.41. The Morgan fingerprint density at radius 2 is 1.90 bits per heavy atom. The Hall–Kier alpha value is -4.23. The van der Waals surface area contributed by atoms with Crippen molar-refractivity contribution in [2.75, 3.05) is 6.54 Å². The smallest absolute Gasteiger partial charge is 0.325 e. The van der Waals surface area contributed by atoms with Crippen molar-refractivity contribution in [1.82, 2.24) is 26.1 Å². The van der Waals surface area contributed by atoms with Crippen LogP contribution in [0.15, 0.2) is 48.7 Å². The highest BCUT2D eigenvalue weighted by Gasteiger charge is 2.35. The van der Waals surface area contributed by atoms with Crippen molar-refractivity contribution < 1.29 is 19.1 Å². The molecule has 0 saturated carbocycles. The normalized spacial score (nSPS) is 29.0. The van der Waals surface area contributed by atoms with Crippen LogP contribution in [0, 0.1) is 22.7 Å². The average molecular weight is 559 g/mol. The molecule has 0 spiro atoms. The molecule has 0 aliphatic carbocycles. The van der Waals surface area contributed by atoms with Crippen molar-refractivity contribution in [2.45, 2.75) is 71.7 Å². The zero-order valence-corrected chi connectivity index (χ0v) is 24.2. The fourth-order valence-corrected chi connectivity index (χ4v) is 4.85. The highest BCUT2D eigenvalue weighted by molar-refractivity contribution is 5.90. The van der Waals surface area contributed by atoms with E-state index in [2.05, 4.69) is 28.7 Å². The number of hydrazine groups is 1. The van der Waals surface area contributed by atoms with Crippen molar-refractivity contribution in [3.63, 3.8) is 0 Å². The fraction of sp³-hybridized carbons (Fsp3) is 0.452. The van der Waals surface area contributed by atoms with Crippen LogP contribution in [0.1, 0.15) is 64.8 Å². The fourth-order valence-electron chi connectivity index (χ4n) is 4.85. The van der Waals surface area contributed by atoms with Crippen molar-refractivity contribution in [3.8, 4) is 6.07 Å². The molecule has 0 radical (unpaired) electrons. The first-order valence-electron chi connectivity index (χ1n) is 14.0. The number of nitrogens with zero attached hydrogens (tertiary/aromatic N) is 3. The molecule has 2 aliphatic rings. The molecule has 216 valence electrons. The first-order chi connectivity index (χ1) is 19.4. The second-order valence-corrected chi connectivity index (χ2v) is 11.3. The summed E-state index contributed by atoms with van der Waals surface area (Å²) in [6.45, 7) is 13.3. The lowest BCUT2D eigenvalue weighted by atomic mass is 9.86. The second-order valence-electron chi connectivity index (χ2n) is 11.3. The molecule has 1 aromatic heterocycles. The van der Waals surface area contributed by atoms with Gasteiger partial charge in [0.05, 0.1) is 17.3 Å². The van der Waals surface area contributed by atoms with Crippen molar-refractivity contribution >= 4 is 34.8 Å². The van der Waals surface area contributed by atoms with E-state index in [1.54, 1.807) is 26.8 Å². The minimum absolute atomic E-state index is 0.169. The van der Waals surface area contributed by atoms with Gasteiger partial charge in [0.2, 0.25) is 5.91 Å². The van der Waals surface area contributed by atoms with Gasteiger partial charge in [0.1, 0.15) is 29.6 Å². The highest BCUT2D eigenvalue weighted by atomic mass is 16.5. The number of ether oxygens (including phenoxy) is 1. The molecule has 2 amide bonds. The number of carbonyl (C=O) groups is 3. The van der Waals surface area contributed by atoms with Crippen LogP contribution in [0.5, 0.6) is 0 Å². The van der Waals surface area contributed by atoms with Crippen LogP contribution in [0.2, 0.25) is 0 Å². The van der Waals surface area contributed by atoms with E-state index in [-0.39, 0.29) is 11.8 Å². The number of aromatic nitrogens is 1. The number of hydrogen-bond acceptors (Lipinski definition) is 8. The summed E-state index contributed by atoms with van der Waals surface area (Å²) < 4.78 is 5.75. The van der Waals surface area contributed by atoms with Gasteiger partial charge in [-0.3, -0.25) is 19.4 Å². The third-order valence-electron chi connectivity index (χ3n) is 7.66. The second kappa shape index (κ2) is 12.1. The molecule has 3 heterocycles. The van der Waals surface area contributed by atoms with Gasteiger partial charge in [-0.2, -0.15) is 5.26 Å². The predicted octanol–water partition coefficient (Wildman–Crippen LogP) is 3.52. The average Bonchev–Trinajstić information content (AvgIpc) is 2.96. The molecular weight excluding hydrogens is 520 g/mol. The number of carbonyl (C=O) groups excluding carboxylic acids is 3. The van der Waals surface area contributed by atoms with E-state index in [9.17, 15) is 19.6 Å². The molecule has 1 aromatic carbocycles. The Labute approximate surface area is 240 Å². The zero-order valence-electron chi connectivity index (χ0n) is 24.2. The molecule has 2 aromatic rings. The summed E-state index contributed by atoms with van der Waals surface area (Å²) in [5, 5.41) is 18.3. The van der Waals surface area contributed by atoms with E-state index in [0.717, 1.165) is 10.9 Å². The SMILES string of the molecule is C=C1N[C@@H](C(C)C)C(=O)N[C@@H](C)C(=O)N2CCC[C@H](N2)C(=O)O[C@H](C)c2ccc3ccc(cc3n2)/C=C/C1(C)C#N. The number of hydrogen-bond donors (Lipinski definition) is 3. The predicted molar refractivity (Wildman–Crippen MR) is 155 cm³/mol. The van der Waals surface area contributed by atoms with Crippen molar-refractivity contribution in [2.24, 2.45) is 11.3 Å². The number of cyclic esters (lactones) is 1. The van der Waals surface area contributed by atoms with E-state index >= 15 is 0 Å². The molecule has 3 N–H and O–H groups in total. The molecule has 41 heavy (non-hydrogen) atoms. The van der Waals surface area contributed by atoms with Crippen LogP contribution in [-0.2, 0) is 19.1 Å². The van der Waals surface area contributed by atoms with Gasteiger partial charge in [-0.1, -0.05) is 50.8 Å². The van der Waals surface area contributed by atoms with E-state index in [4.69, 9.17) is 9.72 Å². The van der Waals surface area contributed by atoms with Crippen LogP contribution >= 0.6 is 0 Å². The maximum absolute atomic E-state index is 13.3. The van der Waals surface area contributed by atoms with Crippen molar-refractivity contribution in [1.29, 1.82) is 5.26 Å². The van der Waals surface area contributed by atoms with Gasteiger partial charge in [-0.05, 0) is 57.2 Å². The third kappa shape index (κ3) is 6.57. The van der Waals surface area contributed by atoms with Crippen molar-refractivity contribution in [3.05, 3.63) is 59.9 Å². The standard InChI is InChI=1S/C31H38N6O4/c1-18(2)27-28(38)33-19(3)29(39)37-15-7-8-25(36-37)30(40)41-20(4)24-12-11-23-10-9-22(16-26(23)35-24)13-14-31(6,17-32)21(5)34-27/h9-14,16,18-20,25,27,34,36H,5,7-8,15H2,1-4,6H3,(H,33,38)/b14-13+/t19-,20+,25-,27-,31?/m0/s1. The molecule has 10 nitrogen and oxygen atoms in total. The number of esters is 1. The molecule has 5 bridgehead atoms. The van der Waals surface area contributed by atoms with Crippen LogP contribution in [0.4, 0.5) is 0 Å². The van der Waals surface area contributed by atoms with Crippen LogP contribution in [-0.4, -0.2) is 52.4 Å². The lowest BCUT2D eigenvalue weighted by Crippen LogP contribution is -2.60. The third-order valence-corrected chi connectivity index (χ3v) is 7.66. The summed E-state index contributed by atoms with van der Waals surface area (Å²) in [7, 11) is 0. The molecular formula is C31H38N6O4. The van der Waals surface area contributed by atoms with Gasteiger partial charge >= 0.3 is 5.97 Å². The van der Waals surface area contributed by atoms with Gasteiger partial charge in [0.15, 0.2) is 0 Å². The lowest BCUT2D eigenvalue weighted by Gasteiger charge is -2.35. The summed E-state index contributed by atoms with van der Waals surface area (Å²) in [6, 6.07) is 9.50. The number of pyridine rings is 1. The maximum Gasteiger partial charge on any atom is 0.325 e. The van der Waals surface area contributed by atoms with E-state index < -0.39 is 41.5 Å². The Kier molecular flexibility index (Phi) is 8.78. The lowest BCUT2D eigenvalue weighted by molar-refractivity contribution is -0.157. The van der Waals surface area contributed by atoms with E-state index in [1.807, 2.05) is 50.3 Å². The molecule has 10 heteroatoms. The molecule has 1 fully saturated rings. The molecule has 2 aliphatic heterocycles. The molecule has 1 saturated heterocycles. The summed E-state index contributed by atoms with van der Waals surface area (Å²) in [6.07, 6.45) is 4.05. The number of benzene rings is 1. The van der Waals surface area contributed by atoms with E-state index in [0.29, 0.717) is 36.3 Å². The molecule has 1 unspecified atom stereocenters.